The SMILES string of the molecule is COc1ccc(OC)c([C@H]2CCCN2C(=O)COC(=O)c2ccc(C)cc2C)c1. The molecular formula is C23H27NO5. The normalized spacial score (nSPS) is 15.9. The molecule has 0 N–H and O–H groups in total. The summed E-state index contributed by atoms with van der Waals surface area (Å²) in [6.07, 6.45) is 1.70. The van der Waals surface area contributed by atoms with E-state index in [0.717, 1.165) is 29.5 Å². The van der Waals surface area contributed by atoms with Gasteiger partial charge in [-0.1, -0.05) is 17.7 Å². The maximum atomic E-state index is 12.8. The second-order valence-corrected chi connectivity index (χ2v) is 7.25. The van der Waals surface area contributed by atoms with Crippen molar-refractivity contribution >= 4 is 11.9 Å². The molecule has 154 valence electrons. The van der Waals surface area contributed by atoms with Crippen LogP contribution in [0.2, 0.25) is 0 Å². The molecule has 6 nitrogen and oxygen atoms in total. The first-order chi connectivity index (χ1) is 13.9. The molecule has 0 radical (unpaired) electrons. The Morgan fingerprint density at radius 1 is 1.07 bits per heavy atom. The van der Waals surface area contributed by atoms with Crippen LogP contribution >= 0.6 is 0 Å². The smallest absolute Gasteiger partial charge is 0.338 e. The van der Waals surface area contributed by atoms with Crippen molar-refractivity contribution in [3.8, 4) is 11.5 Å². The highest BCUT2D eigenvalue weighted by molar-refractivity contribution is 5.92. The van der Waals surface area contributed by atoms with Gasteiger partial charge in [0, 0.05) is 12.1 Å². The highest BCUT2D eigenvalue weighted by Crippen LogP contribution is 2.38. The molecule has 2 aromatic rings. The third-order valence-electron chi connectivity index (χ3n) is 5.30. The predicted octanol–water partition coefficient (Wildman–Crippen LogP) is 3.84. The van der Waals surface area contributed by atoms with Crippen LogP contribution in [0, 0.1) is 13.8 Å². The fourth-order valence-corrected chi connectivity index (χ4v) is 3.82. The summed E-state index contributed by atoms with van der Waals surface area (Å²) in [6, 6.07) is 11.0. The van der Waals surface area contributed by atoms with Crippen molar-refractivity contribution in [1.82, 2.24) is 4.90 Å². The zero-order valence-corrected chi connectivity index (χ0v) is 17.4. The van der Waals surface area contributed by atoms with E-state index in [1.165, 1.54) is 0 Å². The quantitative estimate of drug-likeness (QED) is 0.693. The van der Waals surface area contributed by atoms with E-state index in [1.54, 1.807) is 25.2 Å². The standard InChI is InChI=1S/C23H27NO5/c1-15-7-9-18(16(2)12-15)23(26)29-14-22(25)24-11-5-6-20(24)19-13-17(27-3)8-10-21(19)28-4/h7-10,12-13,20H,5-6,11,14H2,1-4H3/t20-/m1/s1. The molecule has 1 atom stereocenters. The minimum Gasteiger partial charge on any atom is -0.497 e. The molecule has 0 saturated carbocycles. The van der Waals surface area contributed by atoms with Gasteiger partial charge in [-0.15, -0.1) is 0 Å². The molecule has 2 aromatic carbocycles. The molecule has 0 bridgehead atoms. The summed E-state index contributed by atoms with van der Waals surface area (Å²) in [5.41, 5.74) is 3.29. The molecule has 1 heterocycles. The van der Waals surface area contributed by atoms with Gasteiger partial charge >= 0.3 is 5.97 Å². The maximum absolute atomic E-state index is 12.8. The van der Waals surface area contributed by atoms with E-state index in [4.69, 9.17) is 14.2 Å². The number of rotatable bonds is 6. The monoisotopic (exact) mass is 397 g/mol. The van der Waals surface area contributed by atoms with Crippen molar-refractivity contribution in [1.29, 1.82) is 0 Å². The van der Waals surface area contributed by atoms with Crippen molar-refractivity contribution < 1.29 is 23.8 Å². The number of esters is 1. The lowest BCUT2D eigenvalue weighted by atomic mass is 10.0. The van der Waals surface area contributed by atoms with E-state index in [-0.39, 0.29) is 18.6 Å². The Balaban J connectivity index is 1.71. The molecule has 0 aromatic heterocycles. The number of aryl methyl sites for hydroxylation is 2. The molecule has 0 spiro atoms. The summed E-state index contributed by atoms with van der Waals surface area (Å²) >= 11 is 0. The molecule has 1 saturated heterocycles. The summed E-state index contributed by atoms with van der Waals surface area (Å²) < 4.78 is 16.1. The Morgan fingerprint density at radius 3 is 2.55 bits per heavy atom. The number of nitrogens with zero attached hydrogens (tertiary/aromatic N) is 1. The van der Waals surface area contributed by atoms with E-state index in [0.29, 0.717) is 23.6 Å². The van der Waals surface area contributed by atoms with Gasteiger partial charge in [-0.25, -0.2) is 4.79 Å². The number of hydrogen-bond donors (Lipinski definition) is 0. The number of carbonyl (C=O) groups excluding carboxylic acids is 2. The third kappa shape index (κ3) is 4.53. The zero-order valence-electron chi connectivity index (χ0n) is 17.4. The van der Waals surface area contributed by atoms with Gasteiger partial charge in [0.1, 0.15) is 11.5 Å². The number of ether oxygens (including phenoxy) is 3. The number of hydrogen-bond acceptors (Lipinski definition) is 5. The van der Waals surface area contributed by atoms with Gasteiger partial charge in [-0.3, -0.25) is 4.79 Å². The topological polar surface area (TPSA) is 65.1 Å². The first-order valence-corrected chi connectivity index (χ1v) is 9.70. The number of likely N-dealkylation sites (tertiary alicyclic amines) is 1. The first-order valence-electron chi connectivity index (χ1n) is 9.70. The Labute approximate surface area is 171 Å². The van der Waals surface area contributed by atoms with Gasteiger partial charge in [0.25, 0.3) is 5.91 Å². The zero-order chi connectivity index (χ0) is 21.0. The van der Waals surface area contributed by atoms with E-state index in [1.807, 2.05) is 44.2 Å². The minimum absolute atomic E-state index is 0.132. The Bertz CT molecular complexity index is 908. The molecule has 29 heavy (non-hydrogen) atoms. The summed E-state index contributed by atoms with van der Waals surface area (Å²) in [4.78, 5) is 27.0. The van der Waals surface area contributed by atoms with Gasteiger partial charge in [0.05, 0.1) is 25.8 Å². The summed E-state index contributed by atoms with van der Waals surface area (Å²) in [5, 5.41) is 0. The molecule has 1 aliphatic heterocycles. The molecule has 6 heteroatoms. The van der Waals surface area contributed by atoms with Crippen LogP contribution in [0.3, 0.4) is 0 Å². The lowest BCUT2D eigenvalue weighted by molar-refractivity contribution is -0.135. The highest BCUT2D eigenvalue weighted by Gasteiger charge is 2.32. The summed E-state index contributed by atoms with van der Waals surface area (Å²) in [7, 11) is 3.22. The van der Waals surface area contributed by atoms with Crippen LogP contribution in [0.15, 0.2) is 36.4 Å². The van der Waals surface area contributed by atoms with Crippen LogP contribution < -0.4 is 9.47 Å². The van der Waals surface area contributed by atoms with E-state index in [2.05, 4.69) is 0 Å². The average Bonchev–Trinajstić information content (AvgIpc) is 3.21. The van der Waals surface area contributed by atoms with E-state index < -0.39 is 5.97 Å². The molecule has 1 aliphatic rings. The molecule has 1 amide bonds. The minimum atomic E-state index is -0.481. The first kappa shape index (κ1) is 20.7. The number of benzene rings is 2. The second kappa shape index (κ2) is 8.99. The van der Waals surface area contributed by atoms with Crippen molar-refractivity contribution in [2.24, 2.45) is 0 Å². The average molecular weight is 397 g/mol. The van der Waals surface area contributed by atoms with Crippen LogP contribution in [-0.2, 0) is 9.53 Å². The van der Waals surface area contributed by atoms with Crippen LogP contribution in [0.25, 0.3) is 0 Å². The van der Waals surface area contributed by atoms with Gasteiger partial charge in [0.15, 0.2) is 6.61 Å². The highest BCUT2D eigenvalue weighted by atomic mass is 16.5. The van der Waals surface area contributed by atoms with Crippen LogP contribution in [-0.4, -0.2) is 44.1 Å². The third-order valence-corrected chi connectivity index (χ3v) is 5.30. The molecule has 0 unspecified atom stereocenters. The molecule has 0 aliphatic carbocycles. The molecular weight excluding hydrogens is 370 g/mol. The fraction of sp³-hybridized carbons (Fsp3) is 0.391. The van der Waals surface area contributed by atoms with E-state index >= 15 is 0 Å². The molecule has 3 rings (SSSR count). The lowest BCUT2D eigenvalue weighted by Gasteiger charge is -2.26. The Morgan fingerprint density at radius 2 is 1.86 bits per heavy atom. The summed E-state index contributed by atoms with van der Waals surface area (Å²) in [5.74, 6) is 0.727. The number of methoxy groups -OCH3 is 2. The van der Waals surface area contributed by atoms with Crippen molar-refractivity contribution in [2.75, 3.05) is 27.4 Å². The van der Waals surface area contributed by atoms with Crippen molar-refractivity contribution in [2.45, 2.75) is 32.7 Å². The van der Waals surface area contributed by atoms with Gasteiger partial charge in [0.2, 0.25) is 0 Å². The van der Waals surface area contributed by atoms with Crippen LogP contribution in [0.5, 0.6) is 11.5 Å². The lowest BCUT2D eigenvalue weighted by Crippen LogP contribution is -2.34. The Hall–Kier alpha value is -3.02. The van der Waals surface area contributed by atoms with Gasteiger partial charge in [-0.05, 0) is 56.5 Å². The largest absolute Gasteiger partial charge is 0.497 e. The fourth-order valence-electron chi connectivity index (χ4n) is 3.82. The van der Waals surface area contributed by atoms with Crippen molar-refractivity contribution in [3.63, 3.8) is 0 Å². The van der Waals surface area contributed by atoms with Gasteiger partial charge < -0.3 is 19.1 Å². The predicted molar refractivity (Wildman–Crippen MR) is 109 cm³/mol. The van der Waals surface area contributed by atoms with Crippen LogP contribution in [0.4, 0.5) is 0 Å². The van der Waals surface area contributed by atoms with E-state index in [9.17, 15) is 9.59 Å². The number of carbonyl (C=O) groups is 2. The second-order valence-electron chi connectivity index (χ2n) is 7.25. The van der Waals surface area contributed by atoms with Crippen molar-refractivity contribution in [3.05, 3.63) is 58.7 Å². The van der Waals surface area contributed by atoms with Crippen LogP contribution in [0.1, 0.15) is 45.9 Å². The number of amides is 1. The summed E-state index contributed by atoms with van der Waals surface area (Å²) in [6.45, 7) is 4.16. The Kier molecular flexibility index (Phi) is 6.42. The van der Waals surface area contributed by atoms with Gasteiger partial charge in [-0.2, -0.15) is 0 Å². The maximum Gasteiger partial charge on any atom is 0.338 e. The molecule has 1 fully saturated rings.